The van der Waals surface area contributed by atoms with E-state index in [4.69, 9.17) is 0 Å². The standard InChI is InChI=1S/C16H17N7O2S/c1-2-26(24,25)23-8-16(9-23,4-5-17)22-7-13(21-11-22)14-12-3-6-18-15(12)20-10-19-14/h3,6-7,10-11H,2,4,8-9H2,1H3,(H,18,19,20). The van der Waals surface area contributed by atoms with Crippen molar-refractivity contribution in [1.82, 2.24) is 28.8 Å². The van der Waals surface area contributed by atoms with E-state index >= 15 is 0 Å². The van der Waals surface area contributed by atoms with Gasteiger partial charge >= 0.3 is 0 Å². The van der Waals surface area contributed by atoms with E-state index in [0.717, 1.165) is 11.0 Å². The molecule has 0 unspecified atom stereocenters. The van der Waals surface area contributed by atoms with Crippen LogP contribution in [0.5, 0.6) is 0 Å². The lowest BCUT2D eigenvalue weighted by atomic mass is 9.89. The third-order valence-electron chi connectivity index (χ3n) is 4.83. The van der Waals surface area contributed by atoms with Gasteiger partial charge in [0, 0.05) is 30.9 Å². The molecule has 1 aliphatic rings. The fourth-order valence-electron chi connectivity index (χ4n) is 3.28. The van der Waals surface area contributed by atoms with Crippen LogP contribution in [0.1, 0.15) is 13.3 Å². The molecule has 1 fully saturated rings. The van der Waals surface area contributed by atoms with Gasteiger partial charge in [-0.15, -0.1) is 0 Å². The largest absolute Gasteiger partial charge is 0.346 e. The van der Waals surface area contributed by atoms with Crippen molar-refractivity contribution in [3.63, 3.8) is 0 Å². The lowest BCUT2D eigenvalue weighted by molar-refractivity contribution is 0.0846. The predicted octanol–water partition coefficient (Wildman–Crippen LogP) is 1.10. The number of nitrogens with one attached hydrogen (secondary N) is 1. The van der Waals surface area contributed by atoms with Gasteiger partial charge in [0.15, 0.2) is 0 Å². The number of aromatic amines is 1. The summed E-state index contributed by atoms with van der Waals surface area (Å²) < 4.78 is 27.3. The number of nitriles is 1. The lowest BCUT2D eigenvalue weighted by Gasteiger charge is -2.48. The quantitative estimate of drug-likeness (QED) is 0.717. The Morgan fingerprint density at radius 2 is 2.15 bits per heavy atom. The molecule has 0 saturated carbocycles. The molecule has 0 spiro atoms. The minimum atomic E-state index is -3.26. The van der Waals surface area contributed by atoms with Crippen LogP contribution in [0.2, 0.25) is 0 Å². The second-order valence-corrected chi connectivity index (χ2v) is 8.61. The molecule has 0 aromatic carbocycles. The van der Waals surface area contributed by atoms with Gasteiger partial charge in [0.05, 0.1) is 30.1 Å². The van der Waals surface area contributed by atoms with Crippen LogP contribution >= 0.6 is 0 Å². The Morgan fingerprint density at radius 1 is 1.35 bits per heavy atom. The maximum Gasteiger partial charge on any atom is 0.213 e. The first-order valence-corrected chi connectivity index (χ1v) is 9.78. The van der Waals surface area contributed by atoms with Crippen LogP contribution < -0.4 is 0 Å². The smallest absolute Gasteiger partial charge is 0.213 e. The van der Waals surface area contributed by atoms with Crippen LogP contribution in [0.15, 0.2) is 31.1 Å². The average molecular weight is 371 g/mol. The molecule has 1 N–H and O–H groups in total. The van der Waals surface area contributed by atoms with Gasteiger partial charge in [0.2, 0.25) is 10.0 Å². The second-order valence-electron chi connectivity index (χ2n) is 6.36. The second kappa shape index (κ2) is 5.89. The molecule has 0 bridgehead atoms. The van der Waals surface area contributed by atoms with E-state index in [0.29, 0.717) is 11.4 Å². The van der Waals surface area contributed by atoms with E-state index in [1.807, 2.05) is 16.8 Å². The number of sulfonamides is 1. The van der Waals surface area contributed by atoms with Gasteiger partial charge in [-0.25, -0.2) is 23.4 Å². The van der Waals surface area contributed by atoms with Crippen molar-refractivity contribution in [3.05, 3.63) is 31.1 Å². The number of fused-ring (bicyclic) bond motifs is 1. The summed E-state index contributed by atoms with van der Waals surface area (Å²) in [6.07, 6.45) is 6.93. The van der Waals surface area contributed by atoms with Crippen LogP contribution in [0, 0.1) is 11.3 Å². The minimum absolute atomic E-state index is 0.0528. The molecule has 10 heteroatoms. The number of aromatic nitrogens is 5. The number of rotatable bonds is 5. The summed E-state index contributed by atoms with van der Waals surface area (Å²) in [5.41, 5.74) is 1.48. The van der Waals surface area contributed by atoms with Gasteiger partial charge in [-0.05, 0) is 13.0 Å². The zero-order valence-electron chi connectivity index (χ0n) is 14.1. The van der Waals surface area contributed by atoms with Crippen molar-refractivity contribution >= 4 is 21.1 Å². The molecular formula is C16H17N7O2S. The monoisotopic (exact) mass is 371 g/mol. The minimum Gasteiger partial charge on any atom is -0.346 e. The van der Waals surface area contributed by atoms with Crippen LogP contribution in [-0.2, 0) is 15.6 Å². The third kappa shape index (κ3) is 2.48. The van der Waals surface area contributed by atoms with Crippen LogP contribution in [0.3, 0.4) is 0 Å². The Morgan fingerprint density at radius 3 is 2.88 bits per heavy atom. The topological polar surface area (TPSA) is 121 Å². The van der Waals surface area contributed by atoms with Crippen LogP contribution in [0.4, 0.5) is 0 Å². The van der Waals surface area contributed by atoms with Crippen LogP contribution in [-0.4, -0.2) is 56.1 Å². The molecule has 134 valence electrons. The molecule has 4 rings (SSSR count). The molecule has 26 heavy (non-hydrogen) atoms. The van der Waals surface area contributed by atoms with Gasteiger partial charge in [-0.1, -0.05) is 0 Å². The number of hydrogen-bond acceptors (Lipinski definition) is 6. The average Bonchev–Trinajstić information content (AvgIpc) is 3.26. The normalized spacial score (nSPS) is 17.1. The van der Waals surface area contributed by atoms with Crippen molar-refractivity contribution in [3.8, 4) is 17.5 Å². The van der Waals surface area contributed by atoms with Crippen molar-refractivity contribution in [2.24, 2.45) is 0 Å². The van der Waals surface area contributed by atoms with Gasteiger partial charge < -0.3 is 9.55 Å². The van der Waals surface area contributed by atoms with Crippen molar-refractivity contribution in [1.29, 1.82) is 5.26 Å². The van der Waals surface area contributed by atoms with Crippen molar-refractivity contribution in [2.75, 3.05) is 18.8 Å². The van der Waals surface area contributed by atoms with Crippen molar-refractivity contribution < 1.29 is 8.42 Å². The first kappa shape index (κ1) is 16.7. The van der Waals surface area contributed by atoms with E-state index in [-0.39, 0.29) is 25.3 Å². The van der Waals surface area contributed by atoms with E-state index in [2.05, 4.69) is 26.0 Å². The fourth-order valence-corrected chi connectivity index (χ4v) is 4.52. The Labute approximate surface area is 150 Å². The molecular weight excluding hydrogens is 354 g/mol. The van der Waals surface area contributed by atoms with E-state index in [9.17, 15) is 13.7 Å². The van der Waals surface area contributed by atoms with Gasteiger partial charge in [-0.2, -0.15) is 9.57 Å². The van der Waals surface area contributed by atoms with E-state index in [1.165, 1.54) is 10.6 Å². The molecule has 4 heterocycles. The summed E-state index contributed by atoms with van der Waals surface area (Å²) in [7, 11) is -3.26. The Bertz CT molecular complexity index is 1100. The highest BCUT2D eigenvalue weighted by Gasteiger charge is 2.49. The number of H-pyrrole nitrogens is 1. The SMILES string of the molecule is CCS(=O)(=O)N1CC(CC#N)(n2cnc(-c3ncnc4[nH]ccc34)c2)C1. The van der Waals surface area contributed by atoms with Gasteiger partial charge in [-0.3, -0.25) is 0 Å². The highest BCUT2D eigenvalue weighted by Crippen LogP contribution is 2.36. The first-order chi connectivity index (χ1) is 12.5. The zero-order chi connectivity index (χ0) is 18.4. The van der Waals surface area contributed by atoms with Crippen molar-refractivity contribution in [2.45, 2.75) is 18.9 Å². The number of nitrogens with zero attached hydrogens (tertiary/aromatic N) is 6. The highest BCUT2D eigenvalue weighted by atomic mass is 32.2. The Kier molecular flexibility index (Phi) is 3.78. The molecule has 9 nitrogen and oxygen atoms in total. The maximum atomic E-state index is 12.0. The maximum absolute atomic E-state index is 12.0. The number of hydrogen-bond donors (Lipinski definition) is 1. The Balaban J connectivity index is 1.69. The van der Waals surface area contributed by atoms with Crippen LogP contribution in [0.25, 0.3) is 22.4 Å². The summed E-state index contributed by atoms with van der Waals surface area (Å²) in [5, 5.41) is 10.1. The molecule has 3 aromatic rings. The fraction of sp³-hybridized carbons (Fsp3) is 0.375. The van der Waals surface area contributed by atoms with Gasteiger partial charge in [0.25, 0.3) is 0 Å². The molecule has 0 atom stereocenters. The Hall–Kier alpha value is -2.77. The molecule has 1 saturated heterocycles. The summed E-state index contributed by atoms with van der Waals surface area (Å²) >= 11 is 0. The summed E-state index contributed by atoms with van der Waals surface area (Å²) in [5.74, 6) is 0.0528. The molecule has 0 radical (unpaired) electrons. The highest BCUT2D eigenvalue weighted by molar-refractivity contribution is 7.89. The summed E-state index contributed by atoms with van der Waals surface area (Å²) in [6, 6.07) is 4.06. The zero-order valence-corrected chi connectivity index (χ0v) is 14.9. The third-order valence-corrected chi connectivity index (χ3v) is 6.61. The van der Waals surface area contributed by atoms with Gasteiger partial charge in [0.1, 0.15) is 23.4 Å². The summed E-state index contributed by atoms with van der Waals surface area (Å²) in [4.78, 5) is 16.0. The number of imidazole rings is 1. The predicted molar refractivity (Wildman–Crippen MR) is 94.3 cm³/mol. The van der Waals surface area contributed by atoms with E-state index < -0.39 is 15.6 Å². The molecule has 1 aliphatic heterocycles. The molecule has 0 aliphatic carbocycles. The van der Waals surface area contributed by atoms with E-state index in [1.54, 1.807) is 19.4 Å². The first-order valence-electron chi connectivity index (χ1n) is 8.17. The lowest BCUT2D eigenvalue weighted by Crippen LogP contribution is -2.63. The molecule has 3 aromatic heterocycles. The molecule has 0 amide bonds. The summed E-state index contributed by atoms with van der Waals surface area (Å²) in [6.45, 7) is 2.16.